The molecule has 0 bridgehead atoms. The van der Waals surface area contributed by atoms with Gasteiger partial charge in [-0.25, -0.2) is 0 Å². The lowest BCUT2D eigenvalue weighted by molar-refractivity contribution is 0.260. The molecule has 0 N–H and O–H groups in total. The minimum absolute atomic E-state index is 0.235. The molecular formula is C42H42S2. The molecule has 0 radical (unpaired) electrons. The maximum absolute atomic E-state index is 2.59. The Balaban J connectivity index is 1.28. The molecule has 5 aromatic rings. The average molecular weight is 611 g/mol. The highest BCUT2D eigenvalue weighted by atomic mass is 32.2. The molecule has 0 nitrogen and oxygen atoms in total. The van der Waals surface area contributed by atoms with Crippen molar-refractivity contribution in [3.8, 4) is 22.3 Å². The lowest BCUT2D eigenvalue weighted by Crippen LogP contribution is -2.43. The SMILES string of the molecule is CC12CCCCC1(C)c1cc(-c3c4ccccc4c(-c4ccc5c(c4)C4(C)CCCCC4(C)S5)c4ccccc34)ccc1S2. The van der Waals surface area contributed by atoms with Crippen molar-refractivity contribution >= 4 is 45.1 Å². The second-order valence-corrected chi connectivity index (χ2v) is 18.1. The van der Waals surface area contributed by atoms with Gasteiger partial charge >= 0.3 is 0 Å². The lowest BCUT2D eigenvalue weighted by Gasteiger charge is -2.45. The van der Waals surface area contributed by atoms with Crippen molar-refractivity contribution in [2.24, 2.45) is 0 Å². The van der Waals surface area contributed by atoms with Crippen LogP contribution in [0.3, 0.4) is 0 Å². The first-order valence-electron chi connectivity index (χ1n) is 16.9. The van der Waals surface area contributed by atoms with Gasteiger partial charge in [0.15, 0.2) is 0 Å². The first-order valence-corrected chi connectivity index (χ1v) is 18.5. The highest BCUT2D eigenvalue weighted by Crippen LogP contribution is 2.64. The first-order chi connectivity index (χ1) is 21.2. The topological polar surface area (TPSA) is 0 Å². The molecule has 0 saturated heterocycles. The third kappa shape index (κ3) is 3.56. The van der Waals surface area contributed by atoms with Crippen LogP contribution in [0.4, 0.5) is 0 Å². The zero-order valence-electron chi connectivity index (χ0n) is 26.6. The third-order valence-corrected chi connectivity index (χ3v) is 16.2. The number of rotatable bonds is 2. The Morgan fingerprint density at radius 1 is 0.455 bits per heavy atom. The summed E-state index contributed by atoms with van der Waals surface area (Å²) < 4.78 is 0.605. The smallest absolute Gasteiger partial charge is 0.0273 e. The zero-order chi connectivity index (χ0) is 29.9. The fourth-order valence-electron chi connectivity index (χ4n) is 9.78. The molecule has 4 aliphatic rings. The van der Waals surface area contributed by atoms with Crippen LogP contribution in [0.25, 0.3) is 43.8 Å². The summed E-state index contributed by atoms with van der Waals surface area (Å²) in [5, 5.41) is 5.47. The number of thioether (sulfide) groups is 2. The maximum atomic E-state index is 2.59. The fraction of sp³-hybridized carbons (Fsp3) is 0.381. The van der Waals surface area contributed by atoms with Crippen LogP contribution in [0.1, 0.15) is 90.2 Å². The Morgan fingerprint density at radius 2 is 0.818 bits per heavy atom. The highest BCUT2D eigenvalue weighted by Gasteiger charge is 2.54. The van der Waals surface area contributed by atoms with Crippen molar-refractivity contribution in [3.05, 3.63) is 96.1 Å². The van der Waals surface area contributed by atoms with E-state index < -0.39 is 0 Å². The minimum Gasteiger partial charge on any atom is -0.118 e. The third-order valence-electron chi connectivity index (χ3n) is 12.8. The lowest BCUT2D eigenvalue weighted by atomic mass is 9.64. The van der Waals surface area contributed by atoms with Gasteiger partial charge in [-0.3, -0.25) is 0 Å². The summed E-state index contributed by atoms with van der Waals surface area (Å²) in [5.74, 6) is 0. The number of fused-ring (bicyclic) bond motifs is 8. The molecule has 44 heavy (non-hydrogen) atoms. The van der Waals surface area contributed by atoms with E-state index in [9.17, 15) is 0 Å². The van der Waals surface area contributed by atoms with Crippen LogP contribution >= 0.6 is 23.5 Å². The molecule has 9 rings (SSSR count). The Kier molecular flexibility index (Phi) is 5.92. The van der Waals surface area contributed by atoms with Crippen LogP contribution in [0, 0.1) is 0 Å². The number of hydrogen-bond acceptors (Lipinski definition) is 2. The van der Waals surface area contributed by atoms with Gasteiger partial charge in [0, 0.05) is 30.1 Å². The molecule has 0 amide bonds. The maximum Gasteiger partial charge on any atom is 0.0273 e. The fourth-order valence-corrected chi connectivity index (χ4v) is 13.2. The summed E-state index contributed by atoms with van der Waals surface area (Å²) in [6.45, 7) is 10.2. The van der Waals surface area contributed by atoms with Gasteiger partial charge in [0.2, 0.25) is 0 Å². The van der Waals surface area contributed by atoms with E-state index in [2.05, 4.69) is 136 Å². The number of hydrogen-bond donors (Lipinski definition) is 0. The van der Waals surface area contributed by atoms with Gasteiger partial charge in [0.05, 0.1) is 0 Å². The van der Waals surface area contributed by atoms with E-state index in [4.69, 9.17) is 0 Å². The summed E-state index contributed by atoms with van der Waals surface area (Å²) in [4.78, 5) is 3.01. The van der Waals surface area contributed by atoms with Gasteiger partial charge < -0.3 is 0 Å². The Labute approximate surface area is 271 Å². The quantitative estimate of drug-likeness (QED) is 0.182. The zero-order valence-corrected chi connectivity index (χ0v) is 28.2. The van der Waals surface area contributed by atoms with Gasteiger partial charge in [-0.05, 0) is 119 Å². The van der Waals surface area contributed by atoms with E-state index in [1.165, 1.54) is 105 Å². The van der Waals surface area contributed by atoms with Crippen LogP contribution in [-0.2, 0) is 10.8 Å². The van der Waals surface area contributed by atoms with E-state index in [1.807, 2.05) is 0 Å². The molecule has 2 heteroatoms. The van der Waals surface area contributed by atoms with Crippen molar-refractivity contribution in [1.29, 1.82) is 0 Å². The summed E-state index contributed by atoms with van der Waals surface area (Å²) >= 11 is 4.29. The summed E-state index contributed by atoms with van der Waals surface area (Å²) in [7, 11) is 0. The van der Waals surface area contributed by atoms with Crippen molar-refractivity contribution in [3.63, 3.8) is 0 Å². The van der Waals surface area contributed by atoms with E-state index in [1.54, 1.807) is 11.1 Å². The first kappa shape index (κ1) is 27.6. The van der Waals surface area contributed by atoms with Gasteiger partial charge in [-0.1, -0.05) is 100 Å². The Bertz CT molecular complexity index is 1800. The predicted molar refractivity (Wildman–Crippen MR) is 192 cm³/mol. The summed E-state index contributed by atoms with van der Waals surface area (Å²) in [5.41, 5.74) is 9.16. The average Bonchev–Trinajstić information content (AvgIpc) is 3.42. The molecular weight excluding hydrogens is 569 g/mol. The second kappa shape index (κ2) is 9.43. The molecule has 2 aliphatic heterocycles. The largest absolute Gasteiger partial charge is 0.118 e. The molecule has 222 valence electrons. The van der Waals surface area contributed by atoms with E-state index >= 15 is 0 Å². The molecule has 4 atom stereocenters. The normalized spacial score (nSPS) is 30.6. The van der Waals surface area contributed by atoms with E-state index in [0.29, 0.717) is 9.49 Å². The molecule has 2 saturated carbocycles. The van der Waals surface area contributed by atoms with Crippen molar-refractivity contribution in [2.75, 3.05) is 0 Å². The standard InChI is InChI=1S/C42H42S2/c1-39-21-9-11-23-41(39,3)43-35-19-17-27(25-33(35)39)37-29-13-5-7-15-31(29)38(32-16-8-6-14-30(32)37)28-18-20-36-34(26-28)40(2)22-10-12-24-42(40,4)44-36/h5-8,13-20,25-26H,9-12,21-24H2,1-4H3. The molecule has 4 unspecified atom stereocenters. The van der Waals surface area contributed by atoms with Crippen molar-refractivity contribution in [2.45, 2.75) is 109 Å². The Hall–Kier alpha value is -2.68. The van der Waals surface area contributed by atoms with Crippen molar-refractivity contribution in [1.82, 2.24) is 0 Å². The molecule has 5 aromatic carbocycles. The number of benzene rings is 5. The Morgan fingerprint density at radius 3 is 1.20 bits per heavy atom. The molecule has 2 fully saturated rings. The minimum atomic E-state index is 0.235. The molecule has 2 aliphatic carbocycles. The highest BCUT2D eigenvalue weighted by molar-refractivity contribution is 8.01. The summed E-state index contributed by atoms with van der Waals surface area (Å²) in [6.07, 6.45) is 10.6. The van der Waals surface area contributed by atoms with Gasteiger partial charge in [0.25, 0.3) is 0 Å². The van der Waals surface area contributed by atoms with Crippen LogP contribution in [0.2, 0.25) is 0 Å². The van der Waals surface area contributed by atoms with Gasteiger partial charge in [-0.15, -0.1) is 23.5 Å². The van der Waals surface area contributed by atoms with E-state index in [0.717, 1.165) is 0 Å². The van der Waals surface area contributed by atoms with Crippen LogP contribution < -0.4 is 0 Å². The van der Waals surface area contributed by atoms with Crippen molar-refractivity contribution < 1.29 is 0 Å². The van der Waals surface area contributed by atoms with Crippen LogP contribution in [-0.4, -0.2) is 9.49 Å². The molecule has 2 heterocycles. The van der Waals surface area contributed by atoms with E-state index in [-0.39, 0.29) is 10.8 Å². The van der Waals surface area contributed by atoms with Crippen LogP contribution in [0.5, 0.6) is 0 Å². The van der Waals surface area contributed by atoms with Gasteiger partial charge in [-0.2, -0.15) is 0 Å². The predicted octanol–water partition coefficient (Wildman–Crippen LogP) is 12.7. The summed E-state index contributed by atoms with van der Waals surface area (Å²) in [6, 6.07) is 33.3. The second-order valence-electron chi connectivity index (χ2n) is 15.0. The molecule has 0 spiro atoms. The van der Waals surface area contributed by atoms with Gasteiger partial charge in [0.1, 0.15) is 0 Å². The monoisotopic (exact) mass is 610 g/mol. The van der Waals surface area contributed by atoms with Crippen LogP contribution in [0.15, 0.2) is 94.7 Å². The molecule has 0 aromatic heterocycles.